The summed E-state index contributed by atoms with van der Waals surface area (Å²) >= 11 is 0. The molecule has 16 heavy (non-hydrogen) atoms. The molecule has 0 spiro atoms. The van der Waals surface area contributed by atoms with E-state index in [1.807, 2.05) is 17.8 Å². The van der Waals surface area contributed by atoms with E-state index in [0.717, 1.165) is 11.9 Å². The van der Waals surface area contributed by atoms with Crippen LogP contribution in [0.15, 0.2) is 30.6 Å². The molecule has 84 valence electrons. The van der Waals surface area contributed by atoms with Gasteiger partial charge in [0.2, 0.25) is 0 Å². The van der Waals surface area contributed by atoms with Crippen LogP contribution >= 0.6 is 0 Å². The van der Waals surface area contributed by atoms with Crippen molar-refractivity contribution in [2.45, 2.75) is 6.54 Å². The average Bonchev–Trinajstić information content (AvgIpc) is 2.59. The Kier molecular flexibility index (Phi) is 2.85. The van der Waals surface area contributed by atoms with Crippen molar-refractivity contribution in [3.05, 3.63) is 48.1 Å². The zero-order valence-electron chi connectivity index (χ0n) is 8.74. The third-order valence-electron chi connectivity index (χ3n) is 2.23. The molecule has 0 aliphatic rings. The SMILES string of the molecule is Cn1ccnc1CNc1cc(F)cc(F)c1. The number of rotatable bonds is 3. The quantitative estimate of drug-likeness (QED) is 0.865. The molecule has 5 heteroatoms. The fourth-order valence-corrected chi connectivity index (χ4v) is 1.40. The Morgan fingerprint density at radius 1 is 1.25 bits per heavy atom. The monoisotopic (exact) mass is 223 g/mol. The molecular weight excluding hydrogens is 212 g/mol. The fraction of sp³-hybridized carbons (Fsp3) is 0.182. The van der Waals surface area contributed by atoms with E-state index in [-0.39, 0.29) is 0 Å². The Bertz CT molecular complexity index is 473. The largest absolute Gasteiger partial charge is 0.378 e. The molecule has 2 rings (SSSR count). The lowest BCUT2D eigenvalue weighted by molar-refractivity contribution is 0.584. The van der Waals surface area contributed by atoms with Crippen molar-refractivity contribution in [3.8, 4) is 0 Å². The van der Waals surface area contributed by atoms with Crippen molar-refractivity contribution in [1.29, 1.82) is 0 Å². The van der Waals surface area contributed by atoms with Crippen molar-refractivity contribution in [1.82, 2.24) is 9.55 Å². The first-order valence-electron chi connectivity index (χ1n) is 4.81. The predicted molar refractivity (Wildman–Crippen MR) is 56.9 cm³/mol. The van der Waals surface area contributed by atoms with Crippen LogP contribution in [0.25, 0.3) is 0 Å². The van der Waals surface area contributed by atoms with E-state index in [1.54, 1.807) is 6.20 Å². The maximum absolute atomic E-state index is 12.9. The van der Waals surface area contributed by atoms with Gasteiger partial charge in [-0.25, -0.2) is 13.8 Å². The summed E-state index contributed by atoms with van der Waals surface area (Å²) in [7, 11) is 1.86. The molecule has 0 aliphatic heterocycles. The van der Waals surface area contributed by atoms with E-state index in [9.17, 15) is 8.78 Å². The molecule has 2 aromatic rings. The van der Waals surface area contributed by atoms with Gasteiger partial charge < -0.3 is 9.88 Å². The van der Waals surface area contributed by atoms with E-state index < -0.39 is 11.6 Å². The van der Waals surface area contributed by atoms with Gasteiger partial charge in [-0.05, 0) is 12.1 Å². The Labute approximate surface area is 91.7 Å². The number of nitrogens with zero attached hydrogens (tertiary/aromatic N) is 2. The number of hydrogen-bond acceptors (Lipinski definition) is 2. The Hall–Kier alpha value is -1.91. The number of aryl methyl sites for hydroxylation is 1. The van der Waals surface area contributed by atoms with E-state index in [0.29, 0.717) is 12.2 Å². The number of nitrogens with one attached hydrogen (secondary N) is 1. The molecule has 1 aromatic heterocycles. The second-order valence-electron chi connectivity index (χ2n) is 3.47. The lowest BCUT2D eigenvalue weighted by Gasteiger charge is -2.06. The van der Waals surface area contributed by atoms with Gasteiger partial charge in [-0.1, -0.05) is 0 Å². The van der Waals surface area contributed by atoms with E-state index in [1.165, 1.54) is 12.1 Å². The lowest BCUT2D eigenvalue weighted by atomic mass is 10.3. The Morgan fingerprint density at radius 2 is 1.94 bits per heavy atom. The van der Waals surface area contributed by atoms with Crippen molar-refractivity contribution in [2.75, 3.05) is 5.32 Å². The van der Waals surface area contributed by atoms with Crippen LogP contribution in [0, 0.1) is 11.6 Å². The maximum atomic E-state index is 12.9. The molecule has 0 bridgehead atoms. The van der Waals surface area contributed by atoms with Crippen LogP contribution in [-0.4, -0.2) is 9.55 Å². The molecule has 0 amide bonds. The molecule has 0 aliphatic carbocycles. The van der Waals surface area contributed by atoms with Crippen LogP contribution in [-0.2, 0) is 13.6 Å². The highest BCUT2D eigenvalue weighted by Crippen LogP contribution is 2.13. The van der Waals surface area contributed by atoms with Crippen LogP contribution in [0.1, 0.15) is 5.82 Å². The predicted octanol–water partition coefficient (Wildman–Crippen LogP) is 2.31. The van der Waals surface area contributed by atoms with Gasteiger partial charge in [0.15, 0.2) is 0 Å². The topological polar surface area (TPSA) is 29.9 Å². The second-order valence-corrected chi connectivity index (χ2v) is 3.47. The minimum absolute atomic E-state index is 0.403. The molecule has 1 N–H and O–H groups in total. The maximum Gasteiger partial charge on any atom is 0.128 e. The first kappa shape index (κ1) is 10.6. The van der Waals surface area contributed by atoms with E-state index >= 15 is 0 Å². The van der Waals surface area contributed by atoms with Crippen molar-refractivity contribution >= 4 is 5.69 Å². The van der Waals surface area contributed by atoms with Gasteiger partial charge in [-0.2, -0.15) is 0 Å². The minimum atomic E-state index is -0.595. The van der Waals surface area contributed by atoms with Gasteiger partial charge in [0.1, 0.15) is 17.5 Å². The van der Waals surface area contributed by atoms with Crippen LogP contribution in [0.3, 0.4) is 0 Å². The number of imidazole rings is 1. The molecule has 0 fully saturated rings. The molecule has 3 nitrogen and oxygen atoms in total. The summed E-state index contributed by atoms with van der Waals surface area (Å²) in [5, 5.41) is 2.91. The molecular formula is C11H11F2N3. The van der Waals surface area contributed by atoms with Crippen molar-refractivity contribution in [3.63, 3.8) is 0 Å². The molecule has 1 aromatic carbocycles. The number of benzene rings is 1. The van der Waals surface area contributed by atoms with Gasteiger partial charge in [-0.3, -0.25) is 0 Å². The fourth-order valence-electron chi connectivity index (χ4n) is 1.40. The lowest BCUT2D eigenvalue weighted by Crippen LogP contribution is -2.05. The summed E-state index contributed by atoms with van der Waals surface area (Å²) in [6.07, 6.45) is 3.48. The summed E-state index contributed by atoms with van der Waals surface area (Å²) in [5.74, 6) is -0.394. The van der Waals surface area contributed by atoms with Gasteiger partial charge in [0, 0.05) is 31.2 Å². The van der Waals surface area contributed by atoms with Crippen molar-refractivity contribution < 1.29 is 8.78 Å². The molecule has 1 heterocycles. The van der Waals surface area contributed by atoms with E-state index in [4.69, 9.17) is 0 Å². The molecule has 0 unspecified atom stereocenters. The van der Waals surface area contributed by atoms with Crippen LogP contribution in [0.2, 0.25) is 0 Å². The van der Waals surface area contributed by atoms with Crippen molar-refractivity contribution in [2.24, 2.45) is 7.05 Å². The Balaban J connectivity index is 2.07. The highest BCUT2D eigenvalue weighted by Gasteiger charge is 2.02. The van der Waals surface area contributed by atoms with Crippen LogP contribution < -0.4 is 5.32 Å². The third-order valence-corrected chi connectivity index (χ3v) is 2.23. The standard InChI is InChI=1S/C11H11F2N3/c1-16-3-2-14-11(16)7-15-10-5-8(12)4-9(13)6-10/h2-6,15H,7H2,1H3. The summed E-state index contributed by atoms with van der Waals surface area (Å²) in [6, 6.07) is 3.32. The molecule has 0 radical (unpaired) electrons. The Morgan fingerprint density at radius 3 is 2.50 bits per heavy atom. The van der Waals surface area contributed by atoms with Crippen LogP contribution in [0.5, 0.6) is 0 Å². The molecule has 0 saturated heterocycles. The number of aromatic nitrogens is 2. The number of hydrogen-bond donors (Lipinski definition) is 1. The molecule has 0 saturated carbocycles. The van der Waals surface area contributed by atoms with Gasteiger partial charge in [0.25, 0.3) is 0 Å². The first-order valence-corrected chi connectivity index (χ1v) is 4.81. The summed E-state index contributed by atoms with van der Waals surface area (Å²) in [6.45, 7) is 0.423. The van der Waals surface area contributed by atoms with Gasteiger partial charge >= 0.3 is 0 Å². The van der Waals surface area contributed by atoms with Gasteiger partial charge in [0.05, 0.1) is 6.54 Å². The minimum Gasteiger partial charge on any atom is -0.378 e. The summed E-state index contributed by atoms with van der Waals surface area (Å²) in [4.78, 5) is 4.09. The molecule has 0 atom stereocenters. The number of anilines is 1. The highest BCUT2D eigenvalue weighted by atomic mass is 19.1. The third kappa shape index (κ3) is 2.36. The zero-order valence-corrected chi connectivity index (χ0v) is 8.74. The van der Waals surface area contributed by atoms with Gasteiger partial charge in [-0.15, -0.1) is 0 Å². The normalized spacial score (nSPS) is 10.4. The summed E-state index contributed by atoms with van der Waals surface area (Å²) in [5.41, 5.74) is 0.403. The zero-order chi connectivity index (χ0) is 11.5. The number of halogens is 2. The second kappa shape index (κ2) is 4.30. The smallest absolute Gasteiger partial charge is 0.128 e. The highest BCUT2D eigenvalue weighted by molar-refractivity contribution is 5.43. The van der Waals surface area contributed by atoms with Crippen LogP contribution in [0.4, 0.5) is 14.5 Å². The summed E-state index contributed by atoms with van der Waals surface area (Å²) < 4.78 is 27.6. The first-order chi connectivity index (χ1) is 7.65. The van der Waals surface area contributed by atoms with E-state index in [2.05, 4.69) is 10.3 Å². The average molecular weight is 223 g/mol.